The first-order chi connectivity index (χ1) is 6.81. The van der Waals surface area contributed by atoms with Crippen LogP contribution in [0, 0.1) is 0 Å². The van der Waals surface area contributed by atoms with Gasteiger partial charge in [0.1, 0.15) is 0 Å². The van der Waals surface area contributed by atoms with Crippen LogP contribution in [0.25, 0.3) is 0 Å². The molecule has 3 nitrogen and oxygen atoms in total. The van der Waals surface area contributed by atoms with Gasteiger partial charge in [-0.3, -0.25) is 0 Å². The van der Waals surface area contributed by atoms with E-state index in [4.69, 9.17) is 0 Å². The summed E-state index contributed by atoms with van der Waals surface area (Å²) in [6.45, 7) is 4.21. The first-order valence-electron chi connectivity index (χ1n) is 5.60. The third-order valence-electron chi connectivity index (χ3n) is 2.02. The standard InChI is InChI=1S/C6H12.C5H10O3/c1-2-4-6-5-3-1;1-3-7-5(6)8-4-2/h1-6H2;3-4H2,1-2H3. The molecular weight excluding hydrogens is 180 g/mol. The van der Waals surface area contributed by atoms with Crippen molar-refractivity contribution in [2.24, 2.45) is 0 Å². The molecule has 1 aliphatic carbocycles. The van der Waals surface area contributed by atoms with Crippen molar-refractivity contribution in [3.05, 3.63) is 0 Å². The molecule has 0 N–H and O–H groups in total. The Morgan fingerprint density at radius 3 is 1.36 bits per heavy atom. The number of hydrogen-bond acceptors (Lipinski definition) is 3. The van der Waals surface area contributed by atoms with Gasteiger partial charge in [-0.25, -0.2) is 4.79 Å². The molecule has 0 bridgehead atoms. The molecule has 0 amide bonds. The van der Waals surface area contributed by atoms with Crippen molar-refractivity contribution in [3.8, 4) is 0 Å². The lowest BCUT2D eigenvalue weighted by atomic mass is 10.0. The van der Waals surface area contributed by atoms with Gasteiger partial charge in [-0.05, 0) is 13.8 Å². The van der Waals surface area contributed by atoms with E-state index in [0.29, 0.717) is 13.2 Å². The number of carbonyl (C=O) groups is 1. The van der Waals surface area contributed by atoms with Crippen LogP contribution >= 0.6 is 0 Å². The van der Waals surface area contributed by atoms with Crippen LogP contribution in [0.4, 0.5) is 4.79 Å². The SMILES string of the molecule is C1CCCCC1.CCOC(=O)OCC. The Morgan fingerprint density at radius 1 is 0.857 bits per heavy atom. The van der Waals surface area contributed by atoms with Crippen molar-refractivity contribution in [1.29, 1.82) is 0 Å². The molecule has 0 aromatic rings. The minimum atomic E-state index is -0.588. The van der Waals surface area contributed by atoms with Gasteiger partial charge >= 0.3 is 6.16 Å². The van der Waals surface area contributed by atoms with E-state index in [0.717, 1.165) is 0 Å². The molecule has 1 rings (SSSR count). The Bertz CT molecular complexity index is 111. The second kappa shape index (κ2) is 10.4. The molecule has 84 valence electrons. The summed E-state index contributed by atoms with van der Waals surface area (Å²) in [5.74, 6) is 0. The summed E-state index contributed by atoms with van der Waals surface area (Å²) in [5, 5.41) is 0. The van der Waals surface area contributed by atoms with E-state index in [1.54, 1.807) is 13.8 Å². The first-order valence-corrected chi connectivity index (χ1v) is 5.60. The predicted molar refractivity (Wildman–Crippen MR) is 56.4 cm³/mol. The monoisotopic (exact) mass is 202 g/mol. The molecule has 0 unspecified atom stereocenters. The smallest absolute Gasteiger partial charge is 0.435 e. The molecule has 0 atom stereocenters. The summed E-state index contributed by atoms with van der Waals surface area (Å²) >= 11 is 0. The molecule has 0 saturated heterocycles. The van der Waals surface area contributed by atoms with E-state index in [-0.39, 0.29) is 0 Å². The molecule has 1 aliphatic rings. The van der Waals surface area contributed by atoms with Crippen LogP contribution in [0.1, 0.15) is 52.4 Å². The van der Waals surface area contributed by atoms with Gasteiger partial charge in [-0.1, -0.05) is 38.5 Å². The quantitative estimate of drug-likeness (QED) is 0.643. The zero-order valence-electron chi connectivity index (χ0n) is 9.38. The Morgan fingerprint density at radius 2 is 1.14 bits per heavy atom. The van der Waals surface area contributed by atoms with E-state index >= 15 is 0 Å². The number of rotatable bonds is 2. The Balaban J connectivity index is 0.000000249. The topological polar surface area (TPSA) is 35.5 Å². The lowest BCUT2D eigenvalue weighted by molar-refractivity contribution is 0.0630. The molecule has 0 heterocycles. The summed E-state index contributed by atoms with van der Waals surface area (Å²) in [5.41, 5.74) is 0. The van der Waals surface area contributed by atoms with Crippen LogP contribution in [0.5, 0.6) is 0 Å². The lowest BCUT2D eigenvalue weighted by Gasteiger charge is -2.05. The normalized spacial score (nSPS) is 15.0. The molecule has 0 aromatic carbocycles. The highest BCUT2D eigenvalue weighted by Crippen LogP contribution is 2.15. The van der Waals surface area contributed by atoms with Gasteiger partial charge in [0.05, 0.1) is 13.2 Å². The third-order valence-corrected chi connectivity index (χ3v) is 2.02. The van der Waals surface area contributed by atoms with Gasteiger partial charge < -0.3 is 9.47 Å². The van der Waals surface area contributed by atoms with Crippen molar-refractivity contribution >= 4 is 6.16 Å². The Hall–Kier alpha value is -0.730. The zero-order chi connectivity index (χ0) is 10.6. The average Bonchev–Trinajstić information content (AvgIpc) is 2.22. The summed E-state index contributed by atoms with van der Waals surface area (Å²) in [6, 6.07) is 0. The van der Waals surface area contributed by atoms with E-state index in [1.807, 2.05) is 0 Å². The molecule has 0 radical (unpaired) electrons. The molecule has 1 fully saturated rings. The highest BCUT2D eigenvalue weighted by Gasteiger charge is 1.96. The van der Waals surface area contributed by atoms with Crippen molar-refractivity contribution in [2.45, 2.75) is 52.4 Å². The van der Waals surface area contributed by atoms with Crippen LogP contribution < -0.4 is 0 Å². The van der Waals surface area contributed by atoms with Crippen LogP contribution in [-0.4, -0.2) is 19.4 Å². The van der Waals surface area contributed by atoms with Gasteiger partial charge in [0, 0.05) is 0 Å². The summed E-state index contributed by atoms with van der Waals surface area (Å²) in [4.78, 5) is 10.2. The molecule has 3 heteroatoms. The van der Waals surface area contributed by atoms with Crippen LogP contribution in [0.2, 0.25) is 0 Å². The fourth-order valence-electron chi connectivity index (χ4n) is 1.34. The van der Waals surface area contributed by atoms with Crippen molar-refractivity contribution in [3.63, 3.8) is 0 Å². The average molecular weight is 202 g/mol. The molecule has 1 saturated carbocycles. The van der Waals surface area contributed by atoms with Gasteiger partial charge in [-0.2, -0.15) is 0 Å². The second-order valence-corrected chi connectivity index (χ2v) is 3.24. The third kappa shape index (κ3) is 9.36. The van der Waals surface area contributed by atoms with Crippen LogP contribution in [-0.2, 0) is 9.47 Å². The predicted octanol–water partition coefficient (Wildman–Crippen LogP) is 3.52. The van der Waals surface area contributed by atoms with Crippen molar-refractivity contribution in [2.75, 3.05) is 13.2 Å². The fraction of sp³-hybridized carbons (Fsp3) is 0.909. The van der Waals surface area contributed by atoms with Gasteiger partial charge in [0.25, 0.3) is 0 Å². The Labute approximate surface area is 86.8 Å². The van der Waals surface area contributed by atoms with Crippen LogP contribution in [0.3, 0.4) is 0 Å². The zero-order valence-corrected chi connectivity index (χ0v) is 9.38. The van der Waals surface area contributed by atoms with Crippen molar-refractivity contribution in [1.82, 2.24) is 0 Å². The van der Waals surface area contributed by atoms with Gasteiger partial charge in [0.2, 0.25) is 0 Å². The Kier molecular flexibility index (Phi) is 9.81. The molecule has 0 aromatic heterocycles. The highest BCUT2D eigenvalue weighted by atomic mass is 16.7. The van der Waals surface area contributed by atoms with E-state index in [1.165, 1.54) is 38.5 Å². The number of hydrogen-bond donors (Lipinski definition) is 0. The van der Waals surface area contributed by atoms with Gasteiger partial charge in [0.15, 0.2) is 0 Å². The molecule has 0 aliphatic heterocycles. The maximum absolute atomic E-state index is 10.2. The van der Waals surface area contributed by atoms with E-state index in [9.17, 15) is 4.79 Å². The first kappa shape index (κ1) is 13.3. The highest BCUT2D eigenvalue weighted by molar-refractivity contribution is 5.59. The summed E-state index contributed by atoms with van der Waals surface area (Å²) in [7, 11) is 0. The van der Waals surface area contributed by atoms with E-state index in [2.05, 4.69) is 9.47 Å². The van der Waals surface area contributed by atoms with Gasteiger partial charge in [-0.15, -0.1) is 0 Å². The summed E-state index contributed by atoms with van der Waals surface area (Å²) in [6.07, 6.45) is 8.41. The number of ether oxygens (including phenoxy) is 2. The minimum Gasteiger partial charge on any atom is -0.435 e. The maximum atomic E-state index is 10.2. The lowest BCUT2D eigenvalue weighted by Crippen LogP contribution is -2.05. The number of carbonyl (C=O) groups excluding carboxylic acids is 1. The molecular formula is C11H22O3. The minimum absolute atomic E-state index is 0.374. The second-order valence-electron chi connectivity index (χ2n) is 3.24. The largest absolute Gasteiger partial charge is 0.508 e. The van der Waals surface area contributed by atoms with Crippen molar-refractivity contribution < 1.29 is 14.3 Å². The van der Waals surface area contributed by atoms with E-state index < -0.39 is 6.16 Å². The fourth-order valence-corrected chi connectivity index (χ4v) is 1.34. The molecule has 14 heavy (non-hydrogen) atoms. The maximum Gasteiger partial charge on any atom is 0.508 e. The summed E-state index contributed by atoms with van der Waals surface area (Å²) < 4.78 is 8.84. The van der Waals surface area contributed by atoms with Crippen LogP contribution in [0.15, 0.2) is 0 Å². The molecule has 0 spiro atoms.